The molecule has 0 radical (unpaired) electrons. The molecule has 7 heteroatoms. The van der Waals surface area contributed by atoms with Crippen molar-refractivity contribution >= 4 is 5.91 Å². The Morgan fingerprint density at radius 3 is 2.57 bits per heavy atom. The molecule has 4 nitrogen and oxygen atoms in total. The van der Waals surface area contributed by atoms with Gasteiger partial charge in [-0.2, -0.15) is 18.3 Å². The highest BCUT2D eigenvalue weighted by Gasteiger charge is 2.38. The quantitative estimate of drug-likeness (QED) is 0.919. The van der Waals surface area contributed by atoms with Gasteiger partial charge in [0.25, 0.3) is 0 Å². The van der Waals surface area contributed by atoms with Crippen molar-refractivity contribution in [2.75, 3.05) is 0 Å². The molecule has 0 saturated heterocycles. The van der Waals surface area contributed by atoms with Gasteiger partial charge in [0, 0.05) is 18.2 Å². The first kappa shape index (κ1) is 15.6. The molecule has 23 heavy (non-hydrogen) atoms. The van der Waals surface area contributed by atoms with Crippen molar-refractivity contribution in [3.63, 3.8) is 0 Å². The molecular formula is C16H16F3N3O. The number of hydrogen-bond donors (Lipinski definition) is 1. The molecule has 1 heterocycles. The zero-order chi connectivity index (χ0) is 16.4. The summed E-state index contributed by atoms with van der Waals surface area (Å²) in [5, 5.41) is 6.27. The van der Waals surface area contributed by atoms with E-state index >= 15 is 0 Å². The van der Waals surface area contributed by atoms with Gasteiger partial charge < -0.3 is 5.32 Å². The monoisotopic (exact) mass is 323 g/mol. The van der Waals surface area contributed by atoms with Gasteiger partial charge in [-0.25, -0.2) is 0 Å². The topological polar surface area (TPSA) is 46.9 Å². The van der Waals surface area contributed by atoms with Crippen molar-refractivity contribution in [2.24, 2.45) is 0 Å². The number of carbonyl (C=O) groups excluding carboxylic acids is 1. The van der Waals surface area contributed by atoms with Crippen molar-refractivity contribution in [3.8, 4) is 0 Å². The van der Waals surface area contributed by atoms with E-state index < -0.39 is 11.9 Å². The Labute approximate surface area is 131 Å². The summed E-state index contributed by atoms with van der Waals surface area (Å²) < 4.78 is 39.6. The molecule has 1 aromatic heterocycles. The minimum atomic E-state index is -4.49. The van der Waals surface area contributed by atoms with E-state index in [0.29, 0.717) is 12.2 Å². The predicted molar refractivity (Wildman–Crippen MR) is 77.5 cm³/mol. The highest BCUT2D eigenvalue weighted by Crippen LogP contribution is 2.42. The Kier molecular flexibility index (Phi) is 4.11. The van der Waals surface area contributed by atoms with Gasteiger partial charge in [0.15, 0.2) is 5.69 Å². The number of nitrogens with zero attached hydrogens (tertiary/aromatic N) is 2. The third kappa shape index (κ3) is 3.91. The summed E-state index contributed by atoms with van der Waals surface area (Å²) in [6.45, 7) is 0.139. The number of aromatic nitrogens is 2. The van der Waals surface area contributed by atoms with Crippen LogP contribution in [0.5, 0.6) is 0 Å². The number of rotatable bonds is 5. The lowest BCUT2D eigenvalue weighted by atomic mass is 10.2. The second-order valence-corrected chi connectivity index (χ2v) is 5.65. The minimum Gasteiger partial charge on any atom is -0.350 e. The lowest BCUT2D eigenvalue weighted by Crippen LogP contribution is -2.28. The van der Waals surface area contributed by atoms with Crippen LogP contribution < -0.4 is 5.32 Å². The van der Waals surface area contributed by atoms with Gasteiger partial charge in [0.2, 0.25) is 5.91 Å². The van der Waals surface area contributed by atoms with Crippen LogP contribution in [-0.2, 0) is 24.1 Å². The first-order valence-corrected chi connectivity index (χ1v) is 7.39. The summed E-state index contributed by atoms with van der Waals surface area (Å²) in [4.78, 5) is 12.0. The maximum Gasteiger partial charge on any atom is 0.435 e. The van der Waals surface area contributed by atoms with Gasteiger partial charge in [-0.3, -0.25) is 9.48 Å². The molecule has 0 spiro atoms. The molecule has 1 aromatic carbocycles. The number of hydrogen-bond acceptors (Lipinski definition) is 2. The van der Waals surface area contributed by atoms with Crippen LogP contribution in [0.15, 0.2) is 36.4 Å². The largest absolute Gasteiger partial charge is 0.435 e. The third-order valence-corrected chi connectivity index (χ3v) is 3.72. The molecule has 1 aliphatic carbocycles. The molecule has 0 unspecified atom stereocenters. The van der Waals surface area contributed by atoms with Crippen LogP contribution in [-0.4, -0.2) is 15.7 Å². The SMILES string of the molecule is O=C(Cn1nc(C(F)(F)F)cc1C1CC1)NCc1ccccc1. The van der Waals surface area contributed by atoms with Crippen LogP contribution in [0, 0.1) is 0 Å². The molecule has 3 rings (SSSR count). The van der Waals surface area contributed by atoms with Crippen molar-refractivity contribution < 1.29 is 18.0 Å². The maximum atomic E-state index is 12.8. The second kappa shape index (κ2) is 6.06. The summed E-state index contributed by atoms with van der Waals surface area (Å²) in [6.07, 6.45) is -2.81. The zero-order valence-corrected chi connectivity index (χ0v) is 12.3. The third-order valence-electron chi connectivity index (χ3n) is 3.72. The van der Waals surface area contributed by atoms with Crippen LogP contribution in [0.25, 0.3) is 0 Å². The molecule has 2 aromatic rings. The van der Waals surface area contributed by atoms with Crippen LogP contribution in [0.3, 0.4) is 0 Å². The Morgan fingerprint density at radius 2 is 1.96 bits per heavy atom. The van der Waals surface area contributed by atoms with E-state index in [1.54, 1.807) is 0 Å². The fourth-order valence-electron chi connectivity index (χ4n) is 2.39. The minimum absolute atomic E-state index is 0.0838. The van der Waals surface area contributed by atoms with Crippen LogP contribution in [0.4, 0.5) is 13.2 Å². The van der Waals surface area contributed by atoms with Gasteiger partial charge in [0.05, 0.1) is 0 Å². The van der Waals surface area contributed by atoms with Gasteiger partial charge in [-0.15, -0.1) is 0 Å². The Hall–Kier alpha value is -2.31. The Morgan fingerprint density at radius 1 is 1.26 bits per heavy atom. The standard InChI is InChI=1S/C16H16F3N3O/c17-16(18,19)14-8-13(12-6-7-12)22(21-14)10-15(23)20-9-11-4-2-1-3-5-11/h1-5,8,12H,6-7,9-10H2,(H,20,23). The number of benzene rings is 1. The number of amides is 1. The molecule has 1 fully saturated rings. The molecule has 1 saturated carbocycles. The van der Waals surface area contributed by atoms with Crippen molar-refractivity contribution in [2.45, 2.75) is 38.0 Å². The average Bonchev–Trinajstić information content (AvgIpc) is 3.26. The summed E-state index contributed by atoms with van der Waals surface area (Å²) >= 11 is 0. The predicted octanol–water partition coefficient (Wildman–Crippen LogP) is 3.10. The normalized spacial score (nSPS) is 14.7. The lowest BCUT2D eigenvalue weighted by molar-refractivity contribution is -0.141. The summed E-state index contributed by atoms with van der Waals surface area (Å²) in [6, 6.07) is 10.4. The summed E-state index contributed by atoms with van der Waals surface area (Å²) in [5.74, 6) is -0.270. The number of halogens is 3. The molecule has 0 bridgehead atoms. The summed E-state index contributed by atoms with van der Waals surface area (Å²) in [5.41, 5.74) is 0.488. The first-order valence-electron chi connectivity index (χ1n) is 7.39. The van der Waals surface area contributed by atoms with E-state index in [2.05, 4.69) is 10.4 Å². The molecule has 0 atom stereocenters. The number of nitrogens with one attached hydrogen (secondary N) is 1. The van der Waals surface area contributed by atoms with Crippen LogP contribution in [0.1, 0.15) is 35.7 Å². The average molecular weight is 323 g/mol. The summed E-state index contributed by atoms with van der Waals surface area (Å²) in [7, 11) is 0. The highest BCUT2D eigenvalue weighted by atomic mass is 19.4. The number of alkyl halides is 3. The van der Waals surface area contributed by atoms with Crippen LogP contribution in [0.2, 0.25) is 0 Å². The van der Waals surface area contributed by atoms with E-state index in [9.17, 15) is 18.0 Å². The van der Waals surface area contributed by atoms with Gasteiger partial charge >= 0.3 is 6.18 Å². The molecular weight excluding hydrogens is 307 g/mol. The smallest absolute Gasteiger partial charge is 0.350 e. The van der Waals surface area contributed by atoms with Crippen LogP contribution >= 0.6 is 0 Å². The second-order valence-electron chi connectivity index (χ2n) is 5.65. The fourth-order valence-corrected chi connectivity index (χ4v) is 2.39. The van der Waals surface area contributed by atoms with Crippen molar-refractivity contribution in [1.82, 2.24) is 15.1 Å². The van der Waals surface area contributed by atoms with E-state index in [1.165, 1.54) is 4.68 Å². The molecule has 0 aliphatic heterocycles. The van der Waals surface area contributed by atoms with Gasteiger partial charge in [0.1, 0.15) is 6.54 Å². The van der Waals surface area contributed by atoms with Gasteiger partial charge in [-0.1, -0.05) is 30.3 Å². The lowest BCUT2D eigenvalue weighted by Gasteiger charge is -2.08. The van der Waals surface area contributed by atoms with E-state index in [1.807, 2.05) is 30.3 Å². The van der Waals surface area contributed by atoms with Crippen molar-refractivity contribution in [3.05, 3.63) is 53.3 Å². The van der Waals surface area contributed by atoms with E-state index in [-0.39, 0.29) is 18.4 Å². The van der Waals surface area contributed by atoms with Gasteiger partial charge in [-0.05, 0) is 24.5 Å². The molecule has 122 valence electrons. The zero-order valence-electron chi connectivity index (χ0n) is 12.3. The maximum absolute atomic E-state index is 12.8. The molecule has 1 amide bonds. The number of carbonyl (C=O) groups is 1. The Balaban J connectivity index is 1.67. The highest BCUT2D eigenvalue weighted by molar-refractivity contribution is 5.75. The fraction of sp³-hybridized carbons (Fsp3) is 0.375. The first-order chi connectivity index (χ1) is 10.9. The van der Waals surface area contributed by atoms with E-state index in [0.717, 1.165) is 24.5 Å². The van der Waals surface area contributed by atoms with Crippen molar-refractivity contribution in [1.29, 1.82) is 0 Å². The Bertz CT molecular complexity index is 690. The van der Waals surface area contributed by atoms with E-state index in [4.69, 9.17) is 0 Å². The molecule has 1 aliphatic rings. The molecule has 1 N–H and O–H groups in total.